The predicted octanol–water partition coefficient (Wildman–Crippen LogP) is 3.36. The Morgan fingerprint density at radius 2 is 2.28 bits per heavy atom. The van der Waals surface area contributed by atoms with E-state index < -0.39 is 5.91 Å². The Balaban J connectivity index is 2.36. The van der Waals surface area contributed by atoms with Crippen LogP contribution in [-0.4, -0.2) is 12.5 Å². The van der Waals surface area contributed by atoms with E-state index in [1.54, 1.807) is 6.92 Å². The minimum Gasteiger partial charge on any atom is -0.451 e. The van der Waals surface area contributed by atoms with Crippen LogP contribution < -0.4 is 5.32 Å². The average molecular weight is 268 g/mol. The van der Waals surface area contributed by atoms with Crippen molar-refractivity contribution in [2.75, 3.05) is 6.54 Å². The molecule has 0 spiro atoms. The zero-order valence-electron chi connectivity index (χ0n) is 9.72. The summed E-state index contributed by atoms with van der Waals surface area (Å²) in [7, 11) is 0. The van der Waals surface area contributed by atoms with Crippen molar-refractivity contribution in [2.45, 2.75) is 6.92 Å². The lowest BCUT2D eigenvalue weighted by Gasteiger charge is -2.01. The van der Waals surface area contributed by atoms with Crippen molar-refractivity contribution in [2.24, 2.45) is 0 Å². The summed E-state index contributed by atoms with van der Waals surface area (Å²) in [5, 5.41) is 3.47. The van der Waals surface area contributed by atoms with Crippen molar-refractivity contribution in [3.8, 4) is 0 Å². The molecule has 1 aromatic carbocycles. The average Bonchev–Trinajstić information content (AvgIpc) is 2.64. The van der Waals surface area contributed by atoms with Gasteiger partial charge in [0.25, 0.3) is 5.91 Å². The van der Waals surface area contributed by atoms with Crippen LogP contribution >= 0.6 is 11.6 Å². The largest absolute Gasteiger partial charge is 0.451 e. The number of hydrogen-bond acceptors (Lipinski definition) is 2. The first-order valence-corrected chi connectivity index (χ1v) is 5.67. The van der Waals surface area contributed by atoms with Gasteiger partial charge in [0, 0.05) is 16.0 Å². The fraction of sp³-hybridized carbons (Fsp3) is 0.154. The molecular weight excluding hydrogens is 257 g/mol. The predicted molar refractivity (Wildman–Crippen MR) is 68.2 cm³/mol. The lowest BCUT2D eigenvalue weighted by Crippen LogP contribution is -2.24. The van der Waals surface area contributed by atoms with Gasteiger partial charge in [0.15, 0.2) is 5.76 Å². The third-order valence-corrected chi connectivity index (χ3v) is 2.68. The van der Waals surface area contributed by atoms with Gasteiger partial charge in [0.05, 0.1) is 6.54 Å². The molecule has 1 amide bonds. The topological polar surface area (TPSA) is 42.2 Å². The highest BCUT2D eigenvalue weighted by Gasteiger charge is 2.17. The SMILES string of the molecule is C=C(Cl)CNC(=O)c1oc2ccc(F)cc2c1C. The Morgan fingerprint density at radius 3 is 2.94 bits per heavy atom. The molecule has 0 aliphatic rings. The van der Waals surface area contributed by atoms with E-state index in [4.69, 9.17) is 16.0 Å². The van der Waals surface area contributed by atoms with Gasteiger partial charge in [-0.3, -0.25) is 4.79 Å². The number of rotatable bonds is 3. The summed E-state index contributed by atoms with van der Waals surface area (Å²) < 4.78 is 18.5. The Kier molecular flexibility index (Phi) is 3.39. The maximum absolute atomic E-state index is 13.1. The van der Waals surface area contributed by atoms with E-state index in [2.05, 4.69) is 11.9 Å². The lowest BCUT2D eigenvalue weighted by molar-refractivity contribution is 0.0931. The number of aryl methyl sites for hydroxylation is 1. The first-order chi connectivity index (χ1) is 8.49. The minimum atomic E-state index is -0.397. The van der Waals surface area contributed by atoms with E-state index in [-0.39, 0.29) is 18.1 Å². The second-order valence-corrected chi connectivity index (χ2v) is 4.43. The summed E-state index contributed by atoms with van der Waals surface area (Å²) >= 11 is 5.56. The Labute approximate surface area is 108 Å². The van der Waals surface area contributed by atoms with Gasteiger partial charge in [-0.1, -0.05) is 18.2 Å². The van der Waals surface area contributed by atoms with Gasteiger partial charge in [-0.2, -0.15) is 0 Å². The standard InChI is InChI=1S/C13H11ClFNO2/c1-7(14)6-16-13(17)12-8(2)10-5-9(15)3-4-11(10)18-12/h3-5H,1,6H2,2H3,(H,16,17). The molecule has 0 unspecified atom stereocenters. The van der Waals surface area contributed by atoms with Crippen molar-refractivity contribution in [1.29, 1.82) is 0 Å². The lowest BCUT2D eigenvalue weighted by atomic mass is 10.1. The number of carbonyl (C=O) groups is 1. The van der Waals surface area contributed by atoms with Gasteiger partial charge in [0.2, 0.25) is 0 Å². The third kappa shape index (κ3) is 2.38. The fourth-order valence-electron chi connectivity index (χ4n) is 1.67. The Bertz CT molecular complexity index is 633. The normalized spacial score (nSPS) is 10.6. The third-order valence-electron chi connectivity index (χ3n) is 2.55. The second kappa shape index (κ2) is 4.82. The zero-order chi connectivity index (χ0) is 13.3. The van der Waals surface area contributed by atoms with Gasteiger partial charge >= 0.3 is 0 Å². The Morgan fingerprint density at radius 1 is 1.56 bits per heavy atom. The van der Waals surface area contributed by atoms with Crippen LogP contribution in [0.25, 0.3) is 11.0 Å². The molecule has 0 saturated heterocycles. The van der Waals surface area contributed by atoms with Crippen molar-refractivity contribution in [1.82, 2.24) is 5.32 Å². The molecule has 0 bridgehead atoms. The molecule has 18 heavy (non-hydrogen) atoms. The van der Waals surface area contributed by atoms with Crippen LogP contribution in [0.2, 0.25) is 0 Å². The minimum absolute atomic E-state index is 0.158. The molecule has 1 aromatic heterocycles. The second-order valence-electron chi connectivity index (χ2n) is 3.90. The van der Waals surface area contributed by atoms with Crippen LogP contribution in [-0.2, 0) is 0 Å². The van der Waals surface area contributed by atoms with Crippen LogP contribution in [0.1, 0.15) is 16.1 Å². The highest BCUT2D eigenvalue weighted by Crippen LogP contribution is 2.25. The molecule has 0 atom stereocenters. The molecule has 94 valence electrons. The van der Waals surface area contributed by atoms with Gasteiger partial charge < -0.3 is 9.73 Å². The smallest absolute Gasteiger partial charge is 0.287 e. The molecule has 0 saturated carbocycles. The molecule has 0 aliphatic heterocycles. The zero-order valence-corrected chi connectivity index (χ0v) is 10.5. The summed E-state index contributed by atoms with van der Waals surface area (Å²) in [4.78, 5) is 11.8. The van der Waals surface area contributed by atoms with Crippen LogP contribution in [0.5, 0.6) is 0 Å². The number of nitrogens with one attached hydrogen (secondary N) is 1. The number of furan rings is 1. The molecule has 3 nitrogen and oxygen atoms in total. The van der Waals surface area contributed by atoms with E-state index >= 15 is 0 Å². The van der Waals surface area contributed by atoms with E-state index in [9.17, 15) is 9.18 Å². The van der Waals surface area contributed by atoms with Gasteiger partial charge in [-0.05, 0) is 25.1 Å². The van der Waals surface area contributed by atoms with Gasteiger partial charge in [-0.15, -0.1) is 0 Å². The molecule has 2 aromatic rings. The van der Waals surface area contributed by atoms with Gasteiger partial charge in [0.1, 0.15) is 11.4 Å². The number of halogens is 2. The summed E-state index contributed by atoms with van der Waals surface area (Å²) in [6, 6.07) is 4.12. The number of amides is 1. The summed E-state index contributed by atoms with van der Waals surface area (Å²) in [5.41, 5.74) is 1.07. The fourth-order valence-corrected chi connectivity index (χ4v) is 1.73. The number of benzene rings is 1. The van der Waals surface area contributed by atoms with Crippen LogP contribution in [0.15, 0.2) is 34.2 Å². The van der Waals surface area contributed by atoms with Gasteiger partial charge in [-0.25, -0.2) is 4.39 Å². The highest BCUT2D eigenvalue weighted by molar-refractivity contribution is 6.29. The molecular formula is C13H11ClFNO2. The maximum atomic E-state index is 13.1. The first kappa shape index (κ1) is 12.6. The molecule has 1 N–H and O–H groups in total. The van der Waals surface area contributed by atoms with Crippen molar-refractivity contribution in [3.05, 3.63) is 47.0 Å². The Hall–Kier alpha value is -1.81. The summed E-state index contributed by atoms with van der Waals surface area (Å²) in [6.07, 6.45) is 0. The summed E-state index contributed by atoms with van der Waals surface area (Å²) in [5.74, 6) is -0.605. The monoisotopic (exact) mass is 267 g/mol. The van der Waals surface area contributed by atoms with Crippen molar-refractivity contribution in [3.63, 3.8) is 0 Å². The quantitative estimate of drug-likeness (QED) is 0.926. The van der Waals surface area contributed by atoms with Crippen LogP contribution in [0, 0.1) is 12.7 Å². The molecule has 2 rings (SSSR count). The molecule has 0 radical (unpaired) electrons. The molecule has 0 aliphatic carbocycles. The molecule has 1 heterocycles. The van der Waals surface area contributed by atoms with E-state index in [1.807, 2.05) is 0 Å². The van der Waals surface area contributed by atoms with E-state index in [0.29, 0.717) is 21.6 Å². The van der Waals surface area contributed by atoms with E-state index in [1.165, 1.54) is 18.2 Å². The first-order valence-electron chi connectivity index (χ1n) is 5.29. The molecule has 0 fully saturated rings. The van der Waals surface area contributed by atoms with Crippen molar-refractivity contribution < 1.29 is 13.6 Å². The van der Waals surface area contributed by atoms with Crippen molar-refractivity contribution >= 4 is 28.5 Å². The maximum Gasteiger partial charge on any atom is 0.287 e. The molecule has 5 heteroatoms. The number of hydrogen-bond donors (Lipinski definition) is 1. The van der Waals surface area contributed by atoms with E-state index in [0.717, 1.165) is 0 Å². The van der Waals surface area contributed by atoms with Crippen LogP contribution in [0.4, 0.5) is 4.39 Å². The highest BCUT2D eigenvalue weighted by atomic mass is 35.5. The summed E-state index contributed by atoms with van der Waals surface area (Å²) in [6.45, 7) is 5.33. The number of fused-ring (bicyclic) bond motifs is 1. The number of carbonyl (C=O) groups excluding carboxylic acids is 1. The van der Waals surface area contributed by atoms with Crippen LogP contribution in [0.3, 0.4) is 0 Å².